The maximum absolute atomic E-state index is 5.15. The Labute approximate surface area is 143 Å². The van der Waals surface area contributed by atoms with Gasteiger partial charge >= 0.3 is 0 Å². The summed E-state index contributed by atoms with van der Waals surface area (Å²) < 4.78 is 7.16. The Morgan fingerprint density at radius 2 is 1.70 bits per heavy atom. The van der Waals surface area contributed by atoms with Gasteiger partial charge in [0.2, 0.25) is 0 Å². The van der Waals surface area contributed by atoms with E-state index in [1.165, 1.54) is 10.5 Å². The van der Waals surface area contributed by atoms with Gasteiger partial charge in [-0.3, -0.25) is 0 Å². The van der Waals surface area contributed by atoms with Crippen LogP contribution in [0, 0.1) is 0 Å². The average Bonchev–Trinajstić information content (AvgIpc) is 3.11. The first kappa shape index (κ1) is 19.1. The number of benzene rings is 1. The number of ether oxygens (including phenoxy) is 1. The van der Waals surface area contributed by atoms with Crippen LogP contribution in [0.25, 0.3) is 5.65 Å². The number of thioether (sulfide) groups is 1. The van der Waals surface area contributed by atoms with Crippen molar-refractivity contribution < 1.29 is 4.74 Å². The van der Waals surface area contributed by atoms with Gasteiger partial charge < -0.3 is 9.14 Å². The third-order valence-electron chi connectivity index (χ3n) is 2.93. The van der Waals surface area contributed by atoms with Crippen LogP contribution in [-0.4, -0.2) is 16.5 Å². The molecule has 0 spiro atoms. The van der Waals surface area contributed by atoms with Gasteiger partial charge in [-0.05, 0) is 29.8 Å². The molecule has 124 valence electrons. The first-order valence-corrected chi connectivity index (χ1v) is 9.02. The minimum absolute atomic E-state index is 0.896. The zero-order valence-corrected chi connectivity index (χ0v) is 15.4. The summed E-state index contributed by atoms with van der Waals surface area (Å²) in [4.78, 5) is 5.52. The van der Waals surface area contributed by atoms with E-state index in [4.69, 9.17) is 4.74 Å². The van der Waals surface area contributed by atoms with Crippen LogP contribution in [-0.2, 0) is 5.75 Å². The molecule has 1 aromatic carbocycles. The SMILES string of the molecule is CC.CC.COc1ccc(CSc2ccn3ccnc3c2)cc1. The second-order valence-electron chi connectivity index (χ2n) is 4.19. The van der Waals surface area contributed by atoms with Gasteiger partial charge in [-0.1, -0.05) is 39.8 Å². The highest BCUT2D eigenvalue weighted by molar-refractivity contribution is 7.98. The Morgan fingerprint density at radius 1 is 1.00 bits per heavy atom. The molecule has 0 aliphatic heterocycles. The summed E-state index contributed by atoms with van der Waals surface area (Å²) in [6.45, 7) is 8.00. The van der Waals surface area contributed by atoms with E-state index in [1.807, 2.05) is 74.6 Å². The van der Waals surface area contributed by atoms with Crippen molar-refractivity contribution in [2.75, 3.05) is 7.11 Å². The molecule has 0 aliphatic rings. The summed E-state index contributed by atoms with van der Waals surface area (Å²) in [7, 11) is 1.68. The molecule has 0 amide bonds. The predicted octanol–water partition coefficient (Wildman–Crippen LogP) is 5.69. The van der Waals surface area contributed by atoms with Gasteiger partial charge in [0.1, 0.15) is 11.4 Å². The molecule has 23 heavy (non-hydrogen) atoms. The molecule has 3 rings (SSSR count). The molecule has 0 radical (unpaired) electrons. The van der Waals surface area contributed by atoms with E-state index in [9.17, 15) is 0 Å². The molecule has 0 bridgehead atoms. The zero-order chi connectivity index (χ0) is 17.1. The van der Waals surface area contributed by atoms with Crippen molar-refractivity contribution in [1.29, 1.82) is 0 Å². The van der Waals surface area contributed by atoms with Crippen molar-refractivity contribution in [2.45, 2.75) is 38.3 Å². The van der Waals surface area contributed by atoms with Crippen LogP contribution >= 0.6 is 11.8 Å². The van der Waals surface area contributed by atoms with Crippen LogP contribution in [0.2, 0.25) is 0 Å². The minimum Gasteiger partial charge on any atom is -0.497 e. The second kappa shape index (κ2) is 10.7. The van der Waals surface area contributed by atoms with Crippen molar-refractivity contribution in [1.82, 2.24) is 9.38 Å². The van der Waals surface area contributed by atoms with Crippen molar-refractivity contribution in [3.63, 3.8) is 0 Å². The first-order valence-electron chi connectivity index (χ1n) is 8.03. The number of methoxy groups -OCH3 is 1. The topological polar surface area (TPSA) is 26.5 Å². The number of fused-ring (bicyclic) bond motifs is 1. The summed E-state index contributed by atoms with van der Waals surface area (Å²) in [6, 6.07) is 12.4. The van der Waals surface area contributed by atoms with Gasteiger partial charge in [-0.15, -0.1) is 11.8 Å². The van der Waals surface area contributed by atoms with Crippen LogP contribution in [0.4, 0.5) is 0 Å². The molecule has 3 nitrogen and oxygen atoms in total. The van der Waals surface area contributed by atoms with E-state index < -0.39 is 0 Å². The molecule has 2 heterocycles. The minimum atomic E-state index is 0.896. The molecule has 0 aliphatic carbocycles. The van der Waals surface area contributed by atoms with E-state index in [0.717, 1.165) is 17.1 Å². The van der Waals surface area contributed by atoms with Gasteiger partial charge in [-0.25, -0.2) is 4.98 Å². The third-order valence-corrected chi connectivity index (χ3v) is 4.00. The lowest BCUT2D eigenvalue weighted by Gasteiger charge is -2.04. The molecule has 0 saturated heterocycles. The molecule has 0 N–H and O–H groups in total. The van der Waals surface area contributed by atoms with Crippen LogP contribution in [0.1, 0.15) is 33.3 Å². The van der Waals surface area contributed by atoms with Gasteiger partial charge in [0.05, 0.1) is 7.11 Å². The highest BCUT2D eigenvalue weighted by atomic mass is 32.2. The van der Waals surface area contributed by atoms with Gasteiger partial charge in [0.15, 0.2) is 0 Å². The fourth-order valence-electron chi connectivity index (χ4n) is 1.87. The summed E-state index contributed by atoms with van der Waals surface area (Å²) >= 11 is 1.81. The monoisotopic (exact) mass is 330 g/mol. The number of pyridine rings is 1. The Hall–Kier alpha value is -1.94. The molecule has 3 aromatic rings. The van der Waals surface area contributed by atoms with Crippen LogP contribution in [0.15, 0.2) is 59.9 Å². The van der Waals surface area contributed by atoms with Gasteiger partial charge in [-0.2, -0.15) is 0 Å². The van der Waals surface area contributed by atoms with E-state index in [1.54, 1.807) is 7.11 Å². The molecular weight excluding hydrogens is 304 g/mol. The lowest BCUT2D eigenvalue weighted by molar-refractivity contribution is 0.414. The number of hydrogen-bond acceptors (Lipinski definition) is 3. The lowest BCUT2D eigenvalue weighted by Crippen LogP contribution is -1.86. The van der Waals surface area contributed by atoms with E-state index in [2.05, 4.69) is 29.2 Å². The maximum Gasteiger partial charge on any atom is 0.137 e. The Morgan fingerprint density at radius 3 is 2.35 bits per heavy atom. The average molecular weight is 330 g/mol. The highest BCUT2D eigenvalue weighted by Crippen LogP contribution is 2.24. The first-order chi connectivity index (χ1) is 11.3. The highest BCUT2D eigenvalue weighted by Gasteiger charge is 2.00. The molecule has 2 aromatic heterocycles. The Bertz CT molecular complexity index is 677. The fraction of sp³-hybridized carbons (Fsp3) is 0.316. The van der Waals surface area contributed by atoms with Crippen molar-refractivity contribution in [2.24, 2.45) is 0 Å². The Kier molecular flexibility index (Phi) is 8.91. The van der Waals surface area contributed by atoms with Crippen LogP contribution < -0.4 is 4.74 Å². The van der Waals surface area contributed by atoms with E-state index >= 15 is 0 Å². The molecule has 0 saturated carbocycles. The quantitative estimate of drug-likeness (QED) is 0.575. The van der Waals surface area contributed by atoms with E-state index in [0.29, 0.717) is 0 Å². The summed E-state index contributed by atoms with van der Waals surface area (Å²) in [6.07, 6.45) is 5.80. The third kappa shape index (κ3) is 5.64. The molecular formula is C19H26N2OS. The summed E-state index contributed by atoms with van der Waals surface area (Å²) in [5.41, 5.74) is 2.27. The smallest absolute Gasteiger partial charge is 0.137 e. The summed E-state index contributed by atoms with van der Waals surface area (Å²) in [5.74, 6) is 1.84. The standard InChI is InChI=1S/C15H14N2OS.2C2H6/c1-18-13-4-2-12(3-5-13)11-19-14-6-8-17-9-7-16-15(17)10-14;2*1-2/h2-10H,11H2,1H3;2*1-2H3. The van der Waals surface area contributed by atoms with Gasteiger partial charge in [0.25, 0.3) is 0 Å². The molecule has 0 fully saturated rings. The van der Waals surface area contributed by atoms with E-state index in [-0.39, 0.29) is 0 Å². The van der Waals surface area contributed by atoms with Crippen molar-refractivity contribution >= 4 is 17.4 Å². The van der Waals surface area contributed by atoms with Crippen LogP contribution in [0.5, 0.6) is 5.75 Å². The van der Waals surface area contributed by atoms with Crippen molar-refractivity contribution in [3.05, 3.63) is 60.6 Å². The summed E-state index contributed by atoms with van der Waals surface area (Å²) in [5, 5.41) is 0. The number of aromatic nitrogens is 2. The Balaban J connectivity index is 0.000000615. The number of imidazole rings is 1. The molecule has 0 unspecified atom stereocenters. The van der Waals surface area contributed by atoms with Gasteiger partial charge in [0, 0.05) is 29.2 Å². The van der Waals surface area contributed by atoms with Crippen LogP contribution in [0.3, 0.4) is 0 Å². The van der Waals surface area contributed by atoms with Crippen molar-refractivity contribution in [3.8, 4) is 5.75 Å². The largest absolute Gasteiger partial charge is 0.497 e. The number of hydrogen-bond donors (Lipinski definition) is 0. The molecule has 4 heteroatoms. The fourth-order valence-corrected chi connectivity index (χ4v) is 2.74. The lowest BCUT2D eigenvalue weighted by atomic mass is 10.2. The maximum atomic E-state index is 5.15. The molecule has 0 atom stereocenters. The normalized spacial score (nSPS) is 9.43. The number of nitrogens with zero attached hydrogens (tertiary/aromatic N) is 2. The second-order valence-corrected chi connectivity index (χ2v) is 5.24. The predicted molar refractivity (Wildman–Crippen MR) is 100 cm³/mol. The zero-order valence-electron chi connectivity index (χ0n) is 14.6. The number of rotatable bonds is 4.